The highest BCUT2D eigenvalue weighted by Crippen LogP contribution is 2.28. The topological polar surface area (TPSA) is 32.7 Å². The number of amidine groups is 1. The van der Waals surface area contributed by atoms with Crippen LogP contribution in [0.2, 0.25) is 5.02 Å². The van der Waals surface area contributed by atoms with Gasteiger partial charge in [-0.25, -0.2) is 4.99 Å². The van der Waals surface area contributed by atoms with Crippen LogP contribution in [0.15, 0.2) is 35.0 Å². The lowest BCUT2D eigenvalue weighted by Crippen LogP contribution is -2.34. The molecule has 0 bridgehead atoms. The Hall–Kier alpha value is -1.26. The van der Waals surface area contributed by atoms with E-state index in [2.05, 4.69) is 4.99 Å². The van der Waals surface area contributed by atoms with Crippen molar-refractivity contribution in [2.45, 2.75) is 6.42 Å². The van der Waals surface area contributed by atoms with Crippen LogP contribution in [0.1, 0.15) is 12.0 Å². The van der Waals surface area contributed by atoms with Crippen molar-refractivity contribution in [1.82, 2.24) is 4.90 Å². The number of aliphatic imine (C=N–C) groups is 1. The van der Waals surface area contributed by atoms with E-state index in [0.717, 1.165) is 29.4 Å². The van der Waals surface area contributed by atoms with Crippen molar-refractivity contribution in [3.8, 4) is 0 Å². The molecule has 0 atom stereocenters. The highest BCUT2D eigenvalue weighted by atomic mass is 35.5. The predicted octanol–water partition coefficient (Wildman–Crippen LogP) is 3.02. The summed E-state index contributed by atoms with van der Waals surface area (Å²) >= 11 is 7.57. The van der Waals surface area contributed by atoms with Crippen LogP contribution in [0.5, 0.6) is 0 Å². The molecule has 2 heterocycles. The molecule has 5 heteroatoms. The molecule has 2 aliphatic rings. The molecule has 1 saturated heterocycles. The maximum atomic E-state index is 12.1. The van der Waals surface area contributed by atoms with Gasteiger partial charge in [-0.15, -0.1) is 0 Å². The lowest BCUT2D eigenvalue weighted by Gasteiger charge is -2.21. The quantitative estimate of drug-likeness (QED) is 0.740. The van der Waals surface area contributed by atoms with Gasteiger partial charge in [-0.05, 0) is 30.2 Å². The van der Waals surface area contributed by atoms with E-state index < -0.39 is 0 Å². The maximum absolute atomic E-state index is 12.1. The number of amides is 1. The predicted molar refractivity (Wildman–Crippen MR) is 75.7 cm³/mol. The van der Waals surface area contributed by atoms with Crippen molar-refractivity contribution in [3.05, 3.63) is 40.5 Å². The first-order chi connectivity index (χ1) is 8.74. The highest BCUT2D eigenvalue weighted by Gasteiger charge is 2.32. The number of hydrogen-bond donors (Lipinski definition) is 0. The summed E-state index contributed by atoms with van der Waals surface area (Å²) in [5.41, 5.74) is 1.40. The van der Waals surface area contributed by atoms with Crippen LogP contribution in [0.3, 0.4) is 0 Å². The third-order valence-electron chi connectivity index (χ3n) is 2.82. The fourth-order valence-electron chi connectivity index (χ4n) is 1.98. The zero-order chi connectivity index (χ0) is 12.5. The van der Waals surface area contributed by atoms with Crippen molar-refractivity contribution in [2.75, 3.05) is 12.3 Å². The third-order valence-corrected chi connectivity index (χ3v) is 4.12. The average molecular weight is 279 g/mol. The van der Waals surface area contributed by atoms with E-state index in [0.29, 0.717) is 10.7 Å². The molecule has 0 aliphatic carbocycles. The van der Waals surface area contributed by atoms with Gasteiger partial charge in [0, 0.05) is 17.3 Å². The minimum absolute atomic E-state index is 0.00262. The minimum Gasteiger partial charge on any atom is -0.286 e. The first-order valence-electron chi connectivity index (χ1n) is 5.75. The lowest BCUT2D eigenvalue weighted by atomic mass is 10.2. The standard InChI is InChI=1S/C13H11ClN2OS/c14-10-4-1-3-9(7-10)8-11-12(17)16-5-2-6-18-13(16)15-11/h1,3-4,7-8H,2,5-6H2/b11-8-. The Labute approximate surface area is 115 Å². The summed E-state index contributed by atoms with van der Waals surface area (Å²) in [7, 11) is 0. The van der Waals surface area contributed by atoms with Gasteiger partial charge in [0.15, 0.2) is 5.17 Å². The summed E-state index contributed by atoms with van der Waals surface area (Å²) in [5.74, 6) is 1.03. The van der Waals surface area contributed by atoms with E-state index in [4.69, 9.17) is 11.6 Å². The monoisotopic (exact) mass is 278 g/mol. The smallest absolute Gasteiger partial charge is 0.278 e. The molecule has 0 radical (unpaired) electrons. The molecule has 1 fully saturated rings. The normalized spacial score (nSPS) is 21.2. The third kappa shape index (κ3) is 2.18. The Morgan fingerprint density at radius 3 is 3.11 bits per heavy atom. The Kier molecular flexibility index (Phi) is 3.14. The van der Waals surface area contributed by atoms with E-state index in [1.807, 2.05) is 24.3 Å². The molecule has 1 amide bonds. The van der Waals surface area contributed by atoms with Crippen molar-refractivity contribution < 1.29 is 4.79 Å². The number of benzene rings is 1. The van der Waals surface area contributed by atoms with Gasteiger partial charge >= 0.3 is 0 Å². The van der Waals surface area contributed by atoms with Crippen LogP contribution in [0.4, 0.5) is 0 Å². The van der Waals surface area contributed by atoms with Gasteiger partial charge in [0.05, 0.1) is 0 Å². The fourth-order valence-corrected chi connectivity index (χ4v) is 3.13. The van der Waals surface area contributed by atoms with Gasteiger partial charge < -0.3 is 0 Å². The Balaban J connectivity index is 1.93. The number of rotatable bonds is 1. The van der Waals surface area contributed by atoms with E-state index in [-0.39, 0.29) is 5.91 Å². The zero-order valence-corrected chi connectivity index (χ0v) is 11.2. The molecule has 0 saturated carbocycles. The van der Waals surface area contributed by atoms with Gasteiger partial charge in [0.25, 0.3) is 5.91 Å². The first kappa shape index (κ1) is 11.8. The van der Waals surface area contributed by atoms with Crippen LogP contribution in [-0.4, -0.2) is 28.3 Å². The number of halogens is 1. The molecule has 18 heavy (non-hydrogen) atoms. The minimum atomic E-state index is -0.00262. The highest BCUT2D eigenvalue weighted by molar-refractivity contribution is 8.13. The summed E-state index contributed by atoms with van der Waals surface area (Å²) in [6.07, 6.45) is 2.82. The molecule has 1 aromatic carbocycles. The first-order valence-corrected chi connectivity index (χ1v) is 7.11. The molecular formula is C13H11ClN2OS. The maximum Gasteiger partial charge on any atom is 0.278 e. The number of carbonyl (C=O) groups is 1. The molecule has 2 aliphatic heterocycles. The Morgan fingerprint density at radius 2 is 2.33 bits per heavy atom. The molecule has 0 N–H and O–H groups in total. The number of fused-ring (bicyclic) bond motifs is 1. The Morgan fingerprint density at radius 1 is 1.44 bits per heavy atom. The largest absolute Gasteiger partial charge is 0.286 e. The van der Waals surface area contributed by atoms with Crippen LogP contribution in [0, 0.1) is 0 Å². The molecule has 3 nitrogen and oxygen atoms in total. The van der Waals surface area contributed by atoms with Gasteiger partial charge in [-0.1, -0.05) is 35.5 Å². The zero-order valence-electron chi connectivity index (χ0n) is 9.60. The molecule has 92 valence electrons. The van der Waals surface area contributed by atoms with Crippen molar-refractivity contribution in [1.29, 1.82) is 0 Å². The second kappa shape index (κ2) is 4.78. The molecule has 0 spiro atoms. The van der Waals surface area contributed by atoms with Crippen LogP contribution in [0.25, 0.3) is 6.08 Å². The summed E-state index contributed by atoms with van der Waals surface area (Å²) in [6, 6.07) is 7.41. The lowest BCUT2D eigenvalue weighted by molar-refractivity contribution is -0.122. The van der Waals surface area contributed by atoms with E-state index >= 15 is 0 Å². The molecule has 0 unspecified atom stereocenters. The summed E-state index contributed by atoms with van der Waals surface area (Å²) < 4.78 is 0. The summed E-state index contributed by atoms with van der Waals surface area (Å²) in [5, 5.41) is 1.49. The van der Waals surface area contributed by atoms with Crippen LogP contribution < -0.4 is 0 Å². The molecular weight excluding hydrogens is 268 g/mol. The van der Waals surface area contributed by atoms with Gasteiger partial charge in [0.2, 0.25) is 0 Å². The second-order valence-electron chi connectivity index (χ2n) is 4.14. The molecule has 3 rings (SSSR count). The Bertz CT molecular complexity index is 568. The summed E-state index contributed by atoms with van der Waals surface area (Å²) in [6.45, 7) is 0.775. The van der Waals surface area contributed by atoms with Gasteiger partial charge in [-0.2, -0.15) is 0 Å². The van der Waals surface area contributed by atoms with Crippen molar-refractivity contribution in [3.63, 3.8) is 0 Å². The van der Waals surface area contributed by atoms with E-state index in [9.17, 15) is 4.79 Å². The van der Waals surface area contributed by atoms with Crippen molar-refractivity contribution >= 4 is 40.5 Å². The van der Waals surface area contributed by atoms with Crippen LogP contribution in [-0.2, 0) is 4.79 Å². The molecule has 1 aromatic rings. The second-order valence-corrected chi connectivity index (χ2v) is 5.64. The number of hydrogen-bond acceptors (Lipinski definition) is 3. The van der Waals surface area contributed by atoms with E-state index in [1.54, 1.807) is 22.7 Å². The average Bonchev–Trinajstić information content (AvgIpc) is 2.67. The number of nitrogens with zero attached hydrogens (tertiary/aromatic N) is 2. The number of thioether (sulfide) groups is 1. The number of carbonyl (C=O) groups excluding carboxylic acids is 1. The summed E-state index contributed by atoms with van der Waals surface area (Å²) in [4.78, 5) is 18.3. The molecule has 0 aromatic heterocycles. The van der Waals surface area contributed by atoms with E-state index in [1.165, 1.54) is 0 Å². The SMILES string of the molecule is O=C1/C(=C/c2cccc(Cl)c2)N=C2SCCCN12. The van der Waals surface area contributed by atoms with Gasteiger partial charge in [-0.3, -0.25) is 9.69 Å². The van der Waals surface area contributed by atoms with Crippen LogP contribution >= 0.6 is 23.4 Å². The van der Waals surface area contributed by atoms with Gasteiger partial charge in [0.1, 0.15) is 5.70 Å². The fraction of sp³-hybridized carbons (Fsp3) is 0.231. The van der Waals surface area contributed by atoms with Crippen molar-refractivity contribution in [2.24, 2.45) is 4.99 Å².